The number of fused-ring (bicyclic) bond motifs is 1. The summed E-state index contributed by atoms with van der Waals surface area (Å²) in [5.74, 6) is -0.396. The molecule has 0 saturated carbocycles. The van der Waals surface area contributed by atoms with Gasteiger partial charge in [-0.05, 0) is 37.1 Å². The van der Waals surface area contributed by atoms with Crippen LogP contribution < -0.4 is 10.1 Å². The minimum Gasteiger partial charge on any atom is -0.494 e. The Morgan fingerprint density at radius 1 is 1.38 bits per heavy atom. The third-order valence-electron chi connectivity index (χ3n) is 3.74. The number of nitrogens with zero attached hydrogens (tertiary/aromatic N) is 2. The van der Waals surface area contributed by atoms with Gasteiger partial charge in [0.15, 0.2) is 17.2 Å². The number of aryl methyl sites for hydroxylation is 2. The lowest BCUT2D eigenvalue weighted by Crippen LogP contribution is -2.12. The van der Waals surface area contributed by atoms with Gasteiger partial charge in [0.25, 0.3) is 0 Å². The summed E-state index contributed by atoms with van der Waals surface area (Å²) in [6.45, 7) is 1.89. The highest BCUT2D eigenvalue weighted by molar-refractivity contribution is 5.93. The fourth-order valence-corrected chi connectivity index (χ4v) is 2.43. The second kappa shape index (κ2) is 6.66. The molecule has 0 radical (unpaired) electrons. The Morgan fingerprint density at radius 3 is 2.96 bits per heavy atom. The number of hydrogen-bond donors (Lipinski definition) is 2. The van der Waals surface area contributed by atoms with Crippen molar-refractivity contribution in [1.29, 1.82) is 0 Å². The molecule has 2 N–H and O–H groups in total. The number of methoxy groups -OCH3 is 1. The number of aromatic amines is 1. The monoisotopic (exact) mass is 328 g/mol. The van der Waals surface area contributed by atoms with Crippen molar-refractivity contribution in [3.63, 3.8) is 0 Å². The minimum absolute atomic E-state index is 0.159. The Morgan fingerprint density at radius 2 is 2.21 bits per heavy atom. The highest BCUT2D eigenvalue weighted by atomic mass is 19.1. The summed E-state index contributed by atoms with van der Waals surface area (Å²) >= 11 is 0. The van der Waals surface area contributed by atoms with E-state index in [2.05, 4.69) is 20.5 Å². The van der Waals surface area contributed by atoms with Crippen LogP contribution in [0.1, 0.15) is 17.7 Å². The number of benzene rings is 1. The lowest BCUT2D eigenvalue weighted by Gasteiger charge is -2.07. The number of anilines is 1. The van der Waals surface area contributed by atoms with Gasteiger partial charge in [-0.25, -0.2) is 9.37 Å². The number of amides is 1. The summed E-state index contributed by atoms with van der Waals surface area (Å²) < 4.78 is 18.5. The zero-order chi connectivity index (χ0) is 17.1. The summed E-state index contributed by atoms with van der Waals surface area (Å²) in [7, 11) is 1.41. The molecule has 3 aromatic rings. The van der Waals surface area contributed by atoms with Crippen LogP contribution >= 0.6 is 0 Å². The van der Waals surface area contributed by atoms with Crippen molar-refractivity contribution < 1.29 is 13.9 Å². The van der Waals surface area contributed by atoms with E-state index in [9.17, 15) is 9.18 Å². The lowest BCUT2D eigenvalue weighted by atomic mass is 10.1. The number of pyridine rings is 1. The summed E-state index contributed by atoms with van der Waals surface area (Å²) in [5.41, 5.74) is 2.85. The van der Waals surface area contributed by atoms with Gasteiger partial charge in [0.05, 0.1) is 19.0 Å². The van der Waals surface area contributed by atoms with E-state index in [0.29, 0.717) is 17.8 Å². The van der Waals surface area contributed by atoms with Crippen LogP contribution in [0.4, 0.5) is 10.1 Å². The van der Waals surface area contributed by atoms with Crippen LogP contribution in [0, 0.1) is 12.7 Å². The number of halogens is 1. The first-order valence-corrected chi connectivity index (χ1v) is 7.50. The molecule has 2 heterocycles. The molecule has 0 aliphatic rings. The molecule has 0 saturated heterocycles. The van der Waals surface area contributed by atoms with Crippen molar-refractivity contribution in [3.8, 4) is 5.75 Å². The SMILES string of the molecule is COc1ccc(CCC(=O)Nc2cnc3n[nH]c(C)c3c2)cc1F. The molecule has 3 rings (SSSR count). The maximum Gasteiger partial charge on any atom is 0.224 e. The molecule has 1 aromatic carbocycles. The van der Waals surface area contributed by atoms with E-state index in [4.69, 9.17) is 4.74 Å². The summed E-state index contributed by atoms with van der Waals surface area (Å²) in [6, 6.07) is 6.51. The lowest BCUT2D eigenvalue weighted by molar-refractivity contribution is -0.116. The second-order valence-electron chi connectivity index (χ2n) is 5.46. The topological polar surface area (TPSA) is 79.9 Å². The van der Waals surface area contributed by atoms with Gasteiger partial charge >= 0.3 is 0 Å². The average Bonchev–Trinajstić information content (AvgIpc) is 2.94. The van der Waals surface area contributed by atoms with Crippen molar-refractivity contribution >= 4 is 22.6 Å². The van der Waals surface area contributed by atoms with Gasteiger partial charge < -0.3 is 10.1 Å². The second-order valence-corrected chi connectivity index (χ2v) is 5.46. The number of aromatic nitrogens is 3. The molecule has 7 heteroatoms. The van der Waals surface area contributed by atoms with Crippen molar-refractivity contribution in [1.82, 2.24) is 15.2 Å². The third kappa shape index (κ3) is 3.34. The zero-order valence-electron chi connectivity index (χ0n) is 13.4. The number of hydrogen-bond acceptors (Lipinski definition) is 4. The first kappa shape index (κ1) is 15.9. The number of H-pyrrole nitrogens is 1. The van der Waals surface area contributed by atoms with E-state index in [1.54, 1.807) is 18.3 Å². The van der Waals surface area contributed by atoms with E-state index >= 15 is 0 Å². The highest BCUT2D eigenvalue weighted by Gasteiger charge is 2.09. The molecule has 1 amide bonds. The first-order valence-electron chi connectivity index (χ1n) is 7.50. The van der Waals surface area contributed by atoms with Crippen LogP contribution in [0.3, 0.4) is 0 Å². The van der Waals surface area contributed by atoms with Gasteiger partial charge in [0.1, 0.15) is 0 Å². The van der Waals surface area contributed by atoms with Crippen LogP contribution in [0.15, 0.2) is 30.5 Å². The predicted octanol–water partition coefficient (Wildman–Crippen LogP) is 2.99. The van der Waals surface area contributed by atoms with Gasteiger partial charge in [-0.3, -0.25) is 9.89 Å². The molecular formula is C17H17FN4O2. The Hall–Kier alpha value is -2.96. The molecule has 2 aromatic heterocycles. The molecule has 0 spiro atoms. The summed E-state index contributed by atoms with van der Waals surface area (Å²) in [5, 5.41) is 10.6. The van der Waals surface area contributed by atoms with Crippen molar-refractivity contribution in [2.24, 2.45) is 0 Å². The van der Waals surface area contributed by atoms with Crippen LogP contribution in [0.2, 0.25) is 0 Å². The smallest absolute Gasteiger partial charge is 0.224 e. The third-order valence-corrected chi connectivity index (χ3v) is 3.74. The molecule has 0 aliphatic heterocycles. The van der Waals surface area contributed by atoms with Crippen molar-refractivity contribution in [2.45, 2.75) is 19.8 Å². The van der Waals surface area contributed by atoms with Crippen LogP contribution in [0.5, 0.6) is 5.75 Å². The van der Waals surface area contributed by atoms with Gasteiger partial charge in [-0.1, -0.05) is 6.07 Å². The van der Waals surface area contributed by atoms with Crippen molar-refractivity contribution in [2.75, 3.05) is 12.4 Å². The molecule has 0 aliphatic carbocycles. The Labute approximate surface area is 138 Å². The quantitative estimate of drug-likeness (QED) is 0.754. The number of carbonyl (C=O) groups is 1. The van der Waals surface area contributed by atoms with Gasteiger partial charge in [-0.15, -0.1) is 0 Å². The molecular weight excluding hydrogens is 311 g/mol. The fraction of sp³-hybridized carbons (Fsp3) is 0.235. The van der Waals surface area contributed by atoms with E-state index in [-0.39, 0.29) is 18.1 Å². The average molecular weight is 328 g/mol. The number of ether oxygens (including phenoxy) is 1. The Kier molecular flexibility index (Phi) is 4.41. The first-order chi connectivity index (χ1) is 11.6. The molecule has 0 bridgehead atoms. The maximum absolute atomic E-state index is 13.6. The van der Waals surface area contributed by atoms with Gasteiger partial charge in [-0.2, -0.15) is 5.10 Å². The predicted molar refractivity (Wildman–Crippen MR) is 88.5 cm³/mol. The Bertz CT molecular complexity index is 891. The Balaban J connectivity index is 1.62. The molecule has 0 fully saturated rings. The zero-order valence-corrected chi connectivity index (χ0v) is 13.4. The molecule has 124 valence electrons. The summed E-state index contributed by atoms with van der Waals surface area (Å²) in [6.07, 6.45) is 2.24. The highest BCUT2D eigenvalue weighted by Crippen LogP contribution is 2.20. The largest absolute Gasteiger partial charge is 0.494 e. The fourth-order valence-electron chi connectivity index (χ4n) is 2.43. The normalized spacial score (nSPS) is 10.8. The molecule has 6 nitrogen and oxygen atoms in total. The summed E-state index contributed by atoms with van der Waals surface area (Å²) in [4.78, 5) is 16.3. The van der Waals surface area contributed by atoms with E-state index < -0.39 is 5.82 Å². The van der Waals surface area contributed by atoms with Crippen LogP contribution in [-0.2, 0) is 11.2 Å². The van der Waals surface area contributed by atoms with Crippen molar-refractivity contribution in [3.05, 3.63) is 47.5 Å². The minimum atomic E-state index is -0.430. The standard InChI is InChI=1S/C17H17FN4O2/c1-10-13-8-12(9-19-17(13)22-21-10)20-16(23)6-4-11-3-5-15(24-2)14(18)7-11/h3,5,7-9H,4,6H2,1-2H3,(H,20,23)(H,19,21,22). The molecule has 0 atom stereocenters. The molecule has 24 heavy (non-hydrogen) atoms. The van der Waals surface area contributed by atoms with Gasteiger partial charge in [0, 0.05) is 17.5 Å². The number of nitrogens with one attached hydrogen (secondary N) is 2. The van der Waals surface area contributed by atoms with E-state index in [1.807, 2.05) is 13.0 Å². The number of carbonyl (C=O) groups excluding carboxylic acids is 1. The van der Waals surface area contributed by atoms with E-state index in [0.717, 1.165) is 16.6 Å². The van der Waals surface area contributed by atoms with Crippen LogP contribution in [0.25, 0.3) is 11.0 Å². The molecule has 0 unspecified atom stereocenters. The van der Waals surface area contributed by atoms with Gasteiger partial charge in [0.2, 0.25) is 5.91 Å². The van der Waals surface area contributed by atoms with Crippen LogP contribution in [-0.4, -0.2) is 28.2 Å². The number of rotatable bonds is 5. The van der Waals surface area contributed by atoms with E-state index in [1.165, 1.54) is 13.2 Å². The maximum atomic E-state index is 13.6.